The average Bonchev–Trinajstić information content (AvgIpc) is 3.04. The first-order chi connectivity index (χ1) is 12.9. The average molecular weight is 424 g/mol. The minimum Gasteiger partial charge on any atom is -0.276 e. The van der Waals surface area contributed by atoms with Crippen molar-refractivity contribution in [3.8, 4) is 0 Å². The van der Waals surface area contributed by atoms with Crippen molar-refractivity contribution in [2.75, 3.05) is 4.72 Å². The van der Waals surface area contributed by atoms with E-state index in [1.807, 2.05) is 18.2 Å². The predicted molar refractivity (Wildman–Crippen MR) is 109 cm³/mol. The van der Waals surface area contributed by atoms with Crippen LogP contribution in [0.5, 0.6) is 0 Å². The monoisotopic (exact) mass is 423 g/mol. The SMILES string of the molecule is CCCc1ccc(S(=O)(=O)Nc2cnn(Cc3ccc(Cl)cc3Cl)c2)cc1. The molecule has 8 heteroatoms. The molecule has 27 heavy (non-hydrogen) atoms. The number of hydrogen-bond donors (Lipinski definition) is 1. The fourth-order valence-corrected chi connectivity index (χ4v) is 4.16. The molecule has 1 aromatic heterocycles. The second-order valence-electron chi connectivity index (χ2n) is 6.16. The van der Waals surface area contributed by atoms with Crippen LogP contribution >= 0.6 is 23.2 Å². The lowest BCUT2D eigenvalue weighted by molar-refractivity contribution is 0.601. The van der Waals surface area contributed by atoms with Crippen molar-refractivity contribution in [2.45, 2.75) is 31.2 Å². The Bertz CT molecular complexity index is 1030. The van der Waals surface area contributed by atoms with Crippen LogP contribution in [0.4, 0.5) is 5.69 Å². The topological polar surface area (TPSA) is 64.0 Å². The molecule has 0 amide bonds. The van der Waals surface area contributed by atoms with Crippen molar-refractivity contribution in [1.29, 1.82) is 0 Å². The Morgan fingerprint density at radius 2 is 1.85 bits per heavy atom. The zero-order chi connectivity index (χ0) is 19.4. The predicted octanol–water partition coefficient (Wildman–Crippen LogP) is 4.99. The number of benzene rings is 2. The third-order valence-corrected chi connectivity index (χ3v) is 5.99. The molecule has 142 valence electrons. The van der Waals surface area contributed by atoms with Gasteiger partial charge in [-0.1, -0.05) is 54.7 Å². The van der Waals surface area contributed by atoms with E-state index in [0.29, 0.717) is 22.3 Å². The van der Waals surface area contributed by atoms with E-state index < -0.39 is 10.0 Å². The fraction of sp³-hybridized carbons (Fsp3) is 0.211. The Labute approximate surface area is 169 Å². The minimum atomic E-state index is -3.67. The van der Waals surface area contributed by atoms with E-state index in [2.05, 4.69) is 16.7 Å². The number of aryl methyl sites for hydroxylation is 1. The normalized spacial score (nSPS) is 11.5. The lowest BCUT2D eigenvalue weighted by atomic mass is 10.1. The molecule has 0 bridgehead atoms. The fourth-order valence-electron chi connectivity index (χ4n) is 2.67. The summed E-state index contributed by atoms with van der Waals surface area (Å²) in [6.45, 7) is 2.49. The summed E-state index contributed by atoms with van der Waals surface area (Å²) in [5, 5.41) is 5.28. The lowest BCUT2D eigenvalue weighted by Gasteiger charge is -2.07. The number of nitrogens with one attached hydrogen (secondary N) is 1. The van der Waals surface area contributed by atoms with E-state index in [1.54, 1.807) is 35.1 Å². The Kier molecular flexibility index (Phi) is 6.09. The van der Waals surface area contributed by atoms with Crippen LogP contribution in [0.3, 0.4) is 0 Å². The summed E-state index contributed by atoms with van der Waals surface area (Å²) in [4.78, 5) is 0.218. The quantitative estimate of drug-likeness (QED) is 0.581. The zero-order valence-electron chi connectivity index (χ0n) is 14.7. The smallest absolute Gasteiger partial charge is 0.261 e. The molecule has 0 aliphatic heterocycles. The van der Waals surface area contributed by atoms with Gasteiger partial charge >= 0.3 is 0 Å². The molecule has 0 atom stereocenters. The Hall–Kier alpha value is -2.02. The summed E-state index contributed by atoms with van der Waals surface area (Å²) < 4.78 is 29.3. The van der Waals surface area contributed by atoms with Crippen LogP contribution < -0.4 is 4.72 Å². The van der Waals surface area contributed by atoms with Gasteiger partial charge in [0, 0.05) is 16.2 Å². The molecular weight excluding hydrogens is 405 g/mol. The molecule has 0 saturated carbocycles. The van der Waals surface area contributed by atoms with Crippen LogP contribution in [0.1, 0.15) is 24.5 Å². The highest BCUT2D eigenvalue weighted by molar-refractivity contribution is 7.92. The summed E-state index contributed by atoms with van der Waals surface area (Å²) in [6.07, 6.45) is 5.02. The zero-order valence-corrected chi connectivity index (χ0v) is 17.0. The van der Waals surface area contributed by atoms with E-state index in [4.69, 9.17) is 23.2 Å². The highest BCUT2D eigenvalue weighted by Gasteiger charge is 2.15. The van der Waals surface area contributed by atoms with Crippen LogP contribution in [0, 0.1) is 0 Å². The third kappa shape index (κ3) is 5.03. The summed E-state index contributed by atoms with van der Waals surface area (Å²) in [5.74, 6) is 0. The number of nitrogens with zero attached hydrogens (tertiary/aromatic N) is 2. The van der Waals surface area contributed by atoms with Crippen LogP contribution in [0.15, 0.2) is 59.8 Å². The number of anilines is 1. The van der Waals surface area contributed by atoms with Gasteiger partial charge in [-0.15, -0.1) is 0 Å². The molecule has 5 nitrogen and oxygen atoms in total. The van der Waals surface area contributed by atoms with Crippen molar-refractivity contribution in [1.82, 2.24) is 9.78 Å². The first kappa shape index (κ1) is 19.7. The van der Waals surface area contributed by atoms with Crippen molar-refractivity contribution >= 4 is 38.9 Å². The number of rotatable bonds is 7. The standard InChI is InChI=1S/C19H19Cl2N3O2S/c1-2-3-14-4-8-18(9-5-14)27(25,26)23-17-11-22-24(13-17)12-15-6-7-16(20)10-19(15)21/h4-11,13,23H,2-3,12H2,1H3. The van der Waals surface area contributed by atoms with E-state index in [-0.39, 0.29) is 4.90 Å². The van der Waals surface area contributed by atoms with E-state index >= 15 is 0 Å². The molecule has 2 aromatic carbocycles. The van der Waals surface area contributed by atoms with Crippen LogP contribution in [-0.2, 0) is 23.0 Å². The second kappa shape index (κ2) is 8.33. The van der Waals surface area contributed by atoms with Gasteiger partial charge in [0.15, 0.2) is 0 Å². The maximum Gasteiger partial charge on any atom is 0.261 e. The van der Waals surface area contributed by atoms with Gasteiger partial charge in [-0.05, 0) is 41.8 Å². The molecule has 0 aliphatic rings. The molecule has 0 radical (unpaired) electrons. The second-order valence-corrected chi connectivity index (χ2v) is 8.69. The number of sulfonamides is 1. The van der Waals surface area contributed by atoms with Crippen LogP contribution in [0.25, 0.3) is 0 Å². The van der Waals surface area contributed by atoms with E-state index in [9.17, 15) is 8.42 Å². The highest BCUT2D eigenvalue weighted by atomic mass is 35.5. The van der Waals surface area contributed by atoms with Gasteiger partial charge in [0.2, 0.25) is 0 Å². The molecule has 0 saturated heterocycles. The molecule has 1 N–H and O–H groups in total. The van der Waals surface area contributed by atoms with E-state index in [1.165, 1.54) is 6.20 Å². The summed E-state index contributed by atoms with van der Waals surface area (Å²) in [7, 11) is -3.67. The molecule has 1 heterocycles. The summed E-state index contributed by atoms with van der Waals surface area (Å²) >= 11 is 12.1. The van der Waals surface area contributed by atoms with Gasteiger partial charge in [-0.25, -0.2) is 8.42 Å². The van der Waals surface area contributed by atoms with Gasteiger partial charge in [0.1, 0.15) is 0 Å². The van der Waals surface area contributed by atoms with Gasteiger partial charge in [-0.3, -0.25) is 9.40 Å². The third-order valence-electron chi connectivity index (χ3n) is 4.01. The van der Waals surface area contributed by atoms with Gasteiger partial charge in [-0.2, -0.15) is 5.10 Å². The van der Waals surface area contributed by atoms with Gasteiger partial charge in [0.25, 0.3) is 10.0 Å². The van der Waals surface area contributed by atoms with Gasteiger partial charge in [0.05, 0.1) is 23.3 Å². The number of hydrogen-bond acceptors (Lipinski definition) is 3. The van der Waals surface area contributed by atoms with Crippen molar-refractivity contribution in [3.05, 3.63) is 76.0 Å². The minimum absolute atomic E-state index is 0.218. The molecule has 0 aliphatic carbocycles. The maximum atomic E-state index is 12.5. The molecular formula is C19H19Cl2N3O2S. The number of halogens is 2. The van der Waals surface area contributed by atoms with Crippen LogP contribution in [-0.4, -0.2) is 18.2 Å². The van der Waals surface area contributed by atoms with Gasteiger partial charge < -0.3 is 0 Å². The Balaban J connectivity index is 1.72. The first-order valence-electron chi connectivity index (χ1n) is 8.45. The lowest BCUT2D eigenvalue weighted by Crippen LogP contribution is -2.12. The summed E-state index contributed by atoms with van der Waals surface area (Å²) in [5.41, 5.74) is 2.34. The first-order valence-corrected chi connectivity index (χ1v) is 10.7. The van der Waals surface area contributed by atoms with Crippen molar-refractivity contribution in [2.24, 2.45) is 0 Å². The molecule has 3 aromatic rings. The Morgan fingerprint density at radius 3 is 2.52 bits per heavy atom. The Morgan fingerprint density at radius 1 is 1.11 bits per heavy atom. The van der Waals surface area contributed by atoms with Crippen molar-refractivity contribution < 1.29 is 8.42 Å². The molecule has 0 unspecified atom stereocenters. The van der Waals surface area contributed by atoms with E-state index in [0.717, 1.165) is 24.0 Å². The number of aromatic nitrogens is 2. The van der Waals surface area contributed by atoms with Crippen molar-refractivity contribution in [3.63, 3.8) is 0 Å². The maximum absolute atomic E-state index is 12.5. The largest absolute Gasteiger partial charge is 0.276 e. The molecule has 3 rings (SSSR count). The molecule has 0 fully saturated rings. The molecule has 0 spiro atoms. The van der Waals surface area contributed by atoms with Crippen LogP contribution in [0.2, 0.25) is 10.0 Å². The summed E-state index contributed by atoms with van der Waals surface area (Å²) in [6, 6.07) is 12.1. The highest BCUT2D eigenvalue weighted by Crippen LogP contribution is 2.22.